The average molecular weight is 381 g/mol. The third-order valence-electron chi connectivity index (χ3n) is 5.16. The van der Waals surface area contributed by atoms with Crippen molar-refractivity contribution in [2.45, 2.75) is 0 Å². The van der Waals surface area contributed by atoms with Crippen LogP contribution in [0.2, 0.25) is 0 Å². The second-order valence-electron chi connectivity index (χ2n) is 6.80. The summed E-state index contributed by atoms with van der Waals surface area (Å²) in [6.45, 7) is 0. The predicted octanol–water partition coefficient (Wildman–Crippen LogP) is 7.71. The van der Waals surface area contributed by atoms with E-state index in [2.05, 4.69) is 72.8 Å². The summed E-state index contributed by atoms with van der Waals surface area (Å²) >= 11 is 0. The van der Waals surface area contributed by atoms with E-state index < -0.39 is 8.16 Å². The van der Waals surface area contributed by atoms with Crippen LogP contribution in [-0.2, 0) is 0 Å². The van der Waals surface area contributed by atoms with Crippen molar-refractivity contribution in [3.63, 3.8) is 0 Å². The topological polar surface area (TPSA) is 31.2 Å². The van der Waals surface area contributed by atoms with Crippen LogP contribution in [0.25, 0.3) is 43.5 Å². The number of hydrogen-bond acceptors (Lipinski definition) is 2. The molecule has 134 valence electrons. The van der Waals surface area contributed by atoms with Gasteiger partial charge in [0.1, 0.15) is 11.2 Å². The molecule has 6 rings (SSSR count). The molecular formula is C24H16NO2P. The Morgan fingerprint density at radius 2 is 1.04 bits per heavy atom. The van der Waals surface area contributed by atoms with E-state index in [-0.39, 0.29) is 0 Å². The van der Waals surface area contributed by atoms with Crippen molar-refractivity contribution in [1.82, 2.24) is 4.34 Å². The van der Waals surface area contributed by atoms with Crippen LogP contribution in [0.4, 0.5) is 0 Å². The first-order chi connectivity index (χ1) is 13.9. The molecule has 0 bridgehead atoms. The van der Waals surface area contributed by atoms with Gasteiger partial charge in [0.25, 0.3) is 0 Å². The van der Waals surface area contributed by atoms with Crippen molar-refractivity contribution >= 4 is 51.6 Å². The number of rotatable bonds is 1. The summed E-state index contributed by atoms with van der Waals surface area (Å²) in [4.78, 5) is 0. The third-order valence-corrected chi connectivity index (χ3v) is 6.51. The Morgan fingerprint density at radius 1 is 0.536 bits per heavy atom. The smallest absolute Gasteiger partial charge is 0.345 e. The van der Waals surface area contributed by atoms with Crippen LogP contribution in [0.15, 0.2) is 106 Å². The van der Waals surface area contributed by atoms with Gasteiger partial charge in [-0.25, -0.2) is 0 Å². The van der Waals surface area contributed by atoms with Crippen molar-refractivity contribution in [1.29, 1.82) is 0 Å². The van der Waals surface area contributed by atoms with Crippen molar-refractivity contribution in [2.75, 3.05) is 0 Å². The second kappa shape index (κ2) is 6.05. The maximum absolute atomic E-state index is 6.45. The Hall–Kier alpha value is -3.42. The monoisotopic (exact) mass is 381 g/mol. The molecule has 4 aromatic carbocycles. The third kappa shape index (κ3) is 2.30. The molecule has 0 fully saturated rings. The van der Waals surface area contributed by atoms with Crippen molar-refractivity contribution < 1.29 is 8.39 Å². The number of fused-ring (bicyclic) bond motifs is 7. The lowest BCUT2D eigenvalue weighted by Crippen LogP contribution is -1.79. The molecule has 28 heavy (non-hydrogen) atoms. The Morgan fingerprint density at radius 3 is 1.57 bits per heavy atom. The molecule has 2 aromatic heterocycles. The minimum atomic E-state index is -1.32. The fraction of sp³-hybridized carbons (Fsp3) is 0. The molecule has 0 saturated heterocycles. The lowest BCUT2D eigenvalue weighted by molar-refractivity contribution is 0.629. The zero-order valence-corrected chi connectivity index (χ0v) is 15.8. The SMILES string of the molecule is c1ccc2c(c1)ccc1op(-n3cccc3)oc3ccc4ccccc4c3c12. The van der Waals surface area contributed by atoms with Crippen LogP contribution in [0.3, 0.4) is 0 Å². The molecular weight excluding hydrogens is 365 g/mol. The van der Waals surface area contributed by atoms with E-state index in [9.17, 15) is 0 Å². The zero-order valence-electron chi connectivity index (χ0n) is 14.9. The van der Waals surface area contributed by atoms with Gasteiger partial charge < -0.3 is 8.39 Å². The van der Waals surface area contributed by atoms with Crippen molar-refractivity contribution in [3.05, 3.63) is 97.3 Å². The van der Waals surface area contributed by atoms with E-state index >= 15 is 0 Å². The Labute approximate surface area is 162 Å². The molecule has 4 heteroatoms. The Balaban J connectivity index is 1.96. The molecule has 3 nitrogen and oxygen atoms in total. The van der Waals surface area contributed by atoms with Crippen LogP contribution in [-0.4, -0.2) is 4.34 Å². The summed E-state index contributed by atoms with van der Waals surface area (Å²) in [5.74, 6) is 0. The molecule has 0 aliphatic heterocycles. The highest BCUT2D eigenvalue weighted by atomic mass is 31.1. The molecule has 0 spiro atoms. The van der Waals surface area contributed by atoms with Crippen molar-refractivity contribution in [3.8, 4) is 0 Å². The lowest BCUT2D eigenvalue weighted by atomic mass is 9.99. The van der Waals surface area contributed by atoms with Gasteiger partial charge in [0.05, 0.1) is 0 Å². The van der Waals surface area contributed by atoms with Crippen LogP contribution < -0.4 is 0 Å². The molecule has 0 atom stereocenters. The molecule has 0 saturated carbocycles. The van der Waals surface area contributed by atoms with Gasteiger partial charge in [-0.2, -0.15) is 0 Å². The van der Waals surface area contributed by atoms with E-state index in [4.69, 9.17) is 8.39 Å². The minimum Gasteiger partial charge on any atom is -0.404 e. The molecule has 0 aliphatic carbocycles. The first-order valence-corrected chi connectivity index (χ1v) is 10.3. The van der Waals surface area contributed by atoms with Gasteiger partial charge in [0, 0.05) is 23.2 Å². The second-order valence-corrected chi connectivity index (χ2v) is 8.11. The zero-order chi connectivity index (χ0) is 18.5. The first-order valence-electron chi connectivity index (χ1n) is 9.22. The highest BCUT2D eigenvalue weighted by Crippen LogP contribution is 2.41. The van der Waals surface area contributed by atoms with Gasteiger partial charge in [-0.1, -0.05) is 60.7 Å². The lowest BCUT2D eigenvalue weighted by Gasteiger charge is -2.05. The van der Waals surface area contributed by atoms with Crippen LogP contribution in [0.5, 0.6) is 0 Å². The summed E-state index contributed by atoms with van der Waals surface area (Å²) in [5, 5.41) is 6.92. The Kier molecular flexibility index (Phi) is 3.37. The fourth-order valence-electron chi connectivity index (χ4n) is 3.89. The molecule has 0 aliphatic rings. The molecule has 6 aromatic rings. The summed E-state index contributed by atoms with van der Waals surface area (Å²) in [7, 11) is -1.32. The summed E-state index contributed by atoms with van der Waals surface area (Å²) in [6, 6.07) is 29.2. The van der Waals surface area contributed by atoms with Gasteiger partial charge >= 0.3 is 8.16 Å². The van der Waals surface area contributed by atoms with Gasteiger partial charge in [-0.15, -0.1) is 0 Å². The molecule has 0 unspecified atom stereocenters. The fourth-order valence-corrected chi connectivity index (χ4v) is 5.12. The molecule has 0 N–H and O–H groups in total. The maximum atomic E-state index is 6.45. The van der Waals surface area contributed by atoms with Gasteiger partial charge in [-0.3, -0.25) is 4.34 Å². The van der Waals surface area contributed by atoms with E-state index in [1.54, 1.807) is 0 Å². The summed E-state index contributed by atoms with van der Waals surface area (Å²) < 4.78 is 14.9. The van der Waals surface area contributed by atoms with E-state index in [1.165, 1.54) is 21.5 Å². The predicted molar refractivity (Wildman–Crippen MR) is 117 cm³/mol. The number of aromatic nitrogens is 1. The molecule has 0 radical (unpaired) electrons. The van der Waals surface area contributed by atoms with Crippen molar-refractivity contribution in [2.24, 2.45) is 0 Å². The standard InChI is InChI=1S/C24H16NO2P/c1-3-9-19-17(7-1)11-13-21-23(19)24-20-10-4-2-8-18(20)12-14-22(24)27-28(26-21)25-15-5-6-16-25/h1-16H. The quantitative estimate of drug-likeness (QED) is 0.292. The maximum Gasteiger partial charge on any atom is 0.345 e. The first kappa shape index (κ1) is 15.6. The largest absolute Gasteiger partial charge is 0.404 e. The summed E-state index contributed by atoms with van der Waals surface area (Å²) in [5.41, 5.74) is 1.71. The highest BCUT2D eigenvalue weighted by Gasteiger charge is 2.13. The van der Waals surface area contributed by atoms with E-state index in [0.717, 1.165) is 21.9 Å². The highest BCUT2D eigenvalue weighted by molar-refractivity contribution is 7.35. The molecule has 0 amide bonds. The van der Waals surface area contributed by atoms with Crippen LogP contribution in [0.1, 0.15) is 0 Å². The number of hydrogen-bond donors (Lipinski definition) is 0. The van der Waals surface area contributed by atoms with Crippen LogP contribution in [0, 0.1) is 0 Å². The van der Waals surface area contributed by atoms with Gasteiger partial charge in [0.15, 0.2) is 0 Å². The van der Waals surface area contributed by atoms with E-state index in [0.29, 0.717) is 0 Å². The number of benzene rings is 4. The van der Waals surface area contributed by atoms with Crippen LogP contribution >= 0.6 is 8.16 Å². The van der Waals surface area contributed by atoms with Gasteiger partial charge in [0.2, 0.25) is 0 Å². The Bertz CT molecular complexity index is 1420. The average Bonchev–Trinajstić information content (AvgIpc) is 3.22. The van der Waals surface area contributed by atoms with Gasteiger partial charge in [-0.05, 0) is 45.8 Å². The molecule has 2 heterocycles. The van der Waals surface area contributed by atoms with E-state index in [1.807, 2.05) is 28.9 Å². The normalized spacial score (nSPS) is 11.6. The summed E-state index contributed by atoms with van der Waals surface area (Å²) in [6.07, 6.45) is 3.97. The minimum absolute atomic E-state index is 0.855. The number of nitrogens with zero attached hydrogens (tertiary/aromatic N) is 1.